The van der Waals surface area contributed by atoms with Crippen LogP contribution in [0.25, 0.3) is 16.9 Å². The van der Waals surface area contributed by atoms with E-state index in [4.69, 9.17) is 0 Å². The molecule has 0 saturated carbocycles. The third-order valence-electron chi connectivity index (χ3n) is 4.48. The summed E-state index contributed by atoms with van der Waals surface area (Å²) in [5, 5.41) is 2.79. The van der Waals surface area contributed by atoms with Crippen molar-refractivity contribution < 1.29 is 11.7 Å². The van der Waals surface area contributed by atoms with Gasteiger partial charge in [-0.1, -0.05) is 13.8 Å². The van der Waals surface area contributed by atoms with Crippen LogP contribution in [0.2, 0.25) is 0 Å². The highest BCUT2D eigenvalue weighted by Crippen LogP contribution is 2.13. The lowest BCUT2D eigenvalue weighted by molar-refractivity contribution is -0.116. The maximum atomic E-state index is 12.4. The summed E-state index contributed by atoms with van der Waals surface area (Å²) in [5.74, 6) is -0.314. The number of nitrogens with one attached hydrogen (secondary N) is 1. The van der Waals surface area contributed by atoms with E-state index in [0.717, 1.165) is 10.3 Å². The molecule has 0 atom stereocenters. The summed E-state index contributed by atoms with van der Waals surface area (Å²) in [4.78, 5) is 44.9. The molecule has 0 aliphatic rings. The van der Waals surface area contributed by atoms with Crippen LogP contribution in [-0.4, -0.2) is 39.6 Å². The van der Waals surface area contributed by atoms with Gasteiger partial charge in [-0.05, 0) is 24.3 Å². The predicted octanol–water partition coefficient (Wildman–Crippen LogP) is 0.706. The number of fused-ring (bicyclic) bond motifs is 1. The fraction of sp³-hybridized carbons (Fsp3) is 0.250. The van der Waals surface area contributed by atoms with Crippen LogP contribution >= 0.6 is 0 Å². The van der Waals surface area contributed by atoms with E-state index in [1.165, 1.54) is 29.6 Å². The van der Waals surface area contributed by atoms with E-state index in [1.54, 1.807) is 24.7 Å². The van der Waals surface area contributed by atoms with Crippen molar-refractivity contribution in [3.63, 3.8) is 0 Å². The molecular formula is C20H27N7O4. The molecule has 166 valence electrons. The Labute approximate surface area is 179 Å². The quantitative estimate of drug-likeness (QED) is 0.509. The Bertz CT molecular complexity index is 1290. The first-order valence-electron chi connectivity index (χ1n) is 9.45. The van der Waals surface area contributed by atoms with E-state index >= 15 is 0 Å². The zero-order chi connectivity index (χ0) is 21.8. The second-order valence-corrected chi connectivity index (χ2v) is 6.32. The zero-order valence-corrected chi connectivity index (χ0v) is 17.7. The van der Waals surface area contributed by atoms with Crippen molar-refractivity contribution in [2.45, 2.75) is 20.4 Å². The molecule has 0 unspecified atom stereocenters. The summed E-state index contributed by atoms with van der Waals surface area (Å²) < 4.78 is 5.56. The summed E-state index contributed by atoms with van der Waals surface area (Å²) in [6, 6.07) is 7.27. The highest BCUT2D eigenvalue weighted by atomic mass is 16.2. The van der Waals surface area contributed by atoms with Crippen LogP contribution in [0.5, 0.6) is 0 Å². The first-order valence-corrected chi connectivity index (χ1v) is 9.45. The Balaban J connectivity index is 0.00000125. The molecule has 1 aromatic carbocycles. The van der Waals surface area contributed by atoms with Crippen LogP contribution in [0.4, 0.5) is 5.69 Å². The Hall–Kier alpha value is -3.99. The van der Waals surface area contributed by atoms with Crippen molar-refractivity contribution in [3.8, 4) is 5.69 Å². The van der Waals surface area contributed by atoms with Crippen LogP contribution in [0.1, 0.15) is 15.3 Å². The van der Waals surface area contributed by atoms with E-state index in [2.05, 4.69) is 15.3 Å². The second kappa shape index (κ2) is 9.67. The highest BCUT2D eigenvalue weighted by molar-refractivity contribution is 5.91. The molecular weight excluding hydrogens is 402 g/mol. The van der Waals surface area contributed by atoms with Gasteiger partial charge in [-0.25, -0.2) is 14.8 Å². The third-order valence-corrected chi connectivity index (χ3v) is 4.48. The molecule has 11 nitrogen and oxygen atoms in total. The Kier molecular flexibility index (Phi) is 7.27. The number of amides is 1. The molecule has 1 amide bonds. The van der Waals surface area contributed by atoms with Crippen LogP contribution in [0, 0.1) is 0 Å². The van der Waals surface area contributed by atoms with E-state index < -0.39 is 11.2 Å². The van der Waals surface area contributed by atoms with Gasteiger partial charge >= 0.3 is 5.69 Å². The molecule has 0 radical (unpaired) electrons. The minimum atomic E-state index is -0.493. The summed E-state index contributed by atoms with van der Waals surface area (Å²) in [6.45, 7) is 3.90. The Morgan fingerprint density at radius 2 is 1.74 bits per heavy atom. The van der Waals surface area contributed by atoms with E-state index in [0.29, 0.717) is 5.69 Å². The molecule has 0 saturated heterocycles. The molecule has 4 aromatic rings. The maximum absolute atomic E-state index is 12.4. The number of rotatable bonds is 4. The number of nitrogens with zero attached hydrogens (tertiary/aromatic N) is 6. The molecule has 0 bridgehead atoms. The van der Waals surface area contributed by atoms with Crippen LogP contribution in [0.3, 0.4) is 0 Å². The molecule has 11 heteroatoms. The van der Waals surface area contributed by atoms with Crippen molar-refractivity contribution >= 4 is 22.8 Å². The average Bonchev–Trinajstić information content (AvgIpc) is 3.43. The lowest BCUT2D eigenvalue weighted by Gasteiger charge is -2.09. The molecule has 31 heavy (non-hydrogen) atoms. The van der Waals surface area contributed by atoms with Crippen molar-refractivity contribution in [2.24, 2.45) is 14.1 Å². The normalized spacial score (nSPS) is 10.2. The molecule has 3 N–H and O–H groups in total. The van der Waals surface area contributed by atoms with Gasteiger partial charge in [0.1, 0.15) is 6.54 Å². The highest BCUT2D eigenvalue weighted by Gasteiger charge is 2.16. The van der Waals surface area contributed by atoms with Gasteiger partial charge < -0.3 is 19.9 Å². The predicted molar refractivity (Wildman–Crippen MR) is 119 cm³/mol. The number of imidazole rings is 2. The molecule has 0 fully saturated rings. The summed E-state index contributed by atoms with van der Waals surface area (Å²) in [6.07, 6.45) is 6.58. The van der Waals surface area contributed by atoms with Gasteiger partial charge in [0.25, 0.3) is 5.56 Å². The number of aryl methyl sites for hydroxylation is 1. The smallest absolute Gasteiger partial charge is 0.332 e. The SMILES string of the molecule is CC.Cn1c(=O)c2c(ncn2CC(=O)Nc2ccc(-n3ccnc3)cc2)n(C)c1=O.O.[HH]. The van der Waals surface area contributed by atoms with Gasteiger partial charge in [-0.3, -0.25) is 18.7 Å². The first-order chi connectivity index (χ1) is 14.5. The number of hydrogen-bond acceptors (Lipinski definition) is 5. The van der Waals surface area contributed by atoms with E-state index in [9.17, 15) is 14.4 Å². The number of carbonyl (C=O) groups is 1. The van der Waals surface area contributed by atoms with E-state index in [1.807, 2.05) is 36.7 Å². The number of hydrogen-bond donors (Lipinski definition) is 1. The number of aromatic nitrogens is 6. The summed E-state index contributed by atoms with van der Waals surface area (Å²) in [5.41, 5.74) is 1.03. The lowest BCUT2D eigenvalue weighted by Crippen LogP contribution is -2.37. The number of anilines is 1. The Morgan fingerprint density at radius 3 is 2.35 bits per heavy atom. The Morgan fingerprint density at radius 1 is 1.06 bits per heavy atom. The number of carbonyl (C=O) groups excluding carboxylic acids is 1. The minimum absolute atomic E-state index is 0. The van der Waals surface area contributed by atoms with Gasteiger partial charge in [-0.2, -0.15) is 0 Å². The van der Waals surface area contributed by atoms with Crippen LogP contribution in [0.15, 0.2) is 58.9 Å². The largest absolute Gasteiger partial charge is 0.412 e. The van der Waals surface area contributed by atoms with Gasteiger partial charge in [0.2, 0.25) is 5.91 Å². The molecule has 3 heterocycles. The van der Waals surface area contributed by atoms with E-state index in [-0.39, 0.29) is 30.5 Å². The molecule has 0 spiro atoms. The molecule has 3 aromatic heterocycles. The van der Waals surface area contributed by atoms with Crippen molar-refractivity contribution in [2.75, 3.05) is 5.32 Å². The van der Waals surface area contributed by atoms with Gasteiger partial charge in [0, 0.05) is 39.3 Å². The summed E-state index contributed by atoms with van der Waals surface area (Å²) >= 11 is 0. The fourth-order valence-corrected chi connectivity index (χ4v) is 3.00. The topological polar surface area (TPSA) is 140 Å². The van der Waals surface area contributed by atoms with Crippen LogP contribution < -0.4 is 16.6 Å². The third kappa shape index (κ3) is 4.46. The molecule has 4 rings (SSSR count). The summed E-state index contributed by atoms with van der Waals surface area (Å²) in [7, 11) is 2.92. The van der Waals surface area contributed by atoms with Gasteiger partial charge in [-0.15, -0.1) is 0 Å². The van der Waals surface area contributed by atoms with Crippen molar-refractivity contribution in [3.05, 3.63) is 70.2 Å². The maximum Gasteiger partial charge on any atom is 0.332 e. The van der Waals surface area contributed by atoms with Crippen LogP contribution in [-0.2, 0) is 25.4 Å². The minimum Gasteiger partial charge on any atom is -0.412 e. The van der Waals surface area contributed by atoms with Gasteiger partial charge in [0.05, 0.1) is 12.7 Å². The fourth-order valence-electron chi connectivity index (χ4n) is 3.00. The molecule has 0 aliphatic carbocycles. The zero-order valence-electron chi connectivity index (χ0n) is 17.7. The first kappa shape index (κ1) is 23.3. The number of benzene rings is 1. The van der Waals surface area contributed by atoms with Gasteiger partial charge in [0.15, 0.2) is 11.2 Å². The molecule has 0 aliphatic heterocycles. The van der Waals surface area contributed by atoms with Crippen molar-refractivity contribution in [1.82, 2.24) is 28.2 Å². The lowest BCUT2D eigenvalue weighted by atomic mass is 10.2. The second-order valence-electron chi connectivity index (χ2n) is 6.32. The average molecular weight is 429 g/mol. The standard InChI is InChI=1S/C18H17N7O3.C2H6.H2O.H2/c1-22-16-15(17(27)23(2)18(22)28)25(11-20-16)9-14(26)21-12-3-5-13(6-4-12)24-8-7-19-10-24;1-2;;/h3-8,10-11H,9H2,1-2H3,(H,21,26);1-2H3;1H2;1H. The monoisotopic (exact) mass is 429 g/mol. The van der Waals surface area contributed by atoms with Crippen molar-refractivity contribution in [1.29, 1.82) is 0 Å².